The van der Waals surface area contributed by atoms with Crippen LogP contribution in [0.1, 0.15) is 35.3 Å². The van der Waals surface area contributed by atoms with E-state index in [-0.39, 0.29) is 10.7 Å². The molecule has 0 aromatic heterocycles. The molecule has 0 aliphatic rings. The first kappa shape index (κ1) is 17.3. The first-order valence-electron chi connectivity index (χ1n) is 6.61. The van der Waals surface area contributed by atoms with Gasteiger partial charge in [-0.25, -0.2) is 4.79 Å². The third-order valence-electron chi connectivity index (χ3n) is 3.25. The van der Waals surface area contributed by atoms with Gasteiger partial charge in [-0.2, -0.15) is 11.8 Å². The summed E-state index contributed by atoms with van der Waals surface area (Å²) in [5, 5.41) is 11.6. The molecule has 1 rings (SSSR count). The van der Waals surface area contributed by atoms with Crippen molar-refractivity contribution in [3.05, 3.63) is 41.0 Å². The van der Waals surface area contributed by atoms with Gasteiger partial charge in [0.2, 0.25) is 0 Å². The largest absolute Gasteiger partial charge is 0.478 e. The highest BCUT2D eigenvalue weighted by molar-refractivity contribution is 7.99. The van der Waals surface area contributed by atoms with Gasteiger partial charge in [0, 0.05) is 22.9 Å². The lowest BCUT2D eigenvalue weighted by molar-refractivity contribution is -0.131. The number of carbonyl (C=O) groups is 2. The van der Waals surface area contributed by atoms with Gasteiger partial charge in [-0.1, -0.05) is 12.1 Å². The molecule has 21 heavy (non-hydrogen) atoms. The Balaban J connectivity index is 2.91. The summed E-state index contributed by atoms with van der Waals surface area (Å²) in [7, 11) is 0. The Morgan fingerprint density at radius 3 is 2.62 bits per heavy atom. The molecule has 0 radical (unpaired) electrons. The number of carboxylic acid groups (broad SMARTS) is 1. The quantitative estimate of drug-likeness (QED) is 0.793. The molecule has 4 nitrogen and oxygen atoms in total. The summed E-state index contributed by atoms with van der Waals surface area (Å²) in [5.41, 5.74) is 2.07. The van der Waals surface area contributed by atoms with Crippen LogP contribution in [0.4, 0.5) is 0 Å². The topological polar surface area (TPSA) is 66.4 Å². The second-order valence-corrected chi connectivity index (χ2v) is 6.85. The van der Waals surface area contributed by atoms with E-state index in [1.54, 1.807) is 30.0 Å². The van der Waals surface area contributed by atoms with Gasteiger partial charge in [0.05, 0.1) is 0 Å². The van der Waals surface area contributed by atoms with E-state index in [4.69, 9.17) is 5.11 Å². The monoisotopic (exact) mass is 307 g/mol. The Bertz CT molecular complexity index is 565. The normalized spacial score (nSPS) is 11.6. The molecule has 0 atom stereocenters. The number of hydrogen-bond donors (Lipinski definition) is 2. The van der Waals surface area contributed by atoms with Crippen LogP contribution in [-0.4, -0.2) is 34.5 Å². The minimum absolute atomic E-state index is 0.0234. The molecule has 0 heterocycles. The van der Waals surface area contributed by atoms with E-state index in [0.717, 1.165) is 17.2 Å². The van der Waals surface area contributed by atoms with Crippen LogP contribution in [-0.2, 0) is 4.79 Å². The SMILES string of the molecule is CSC(C)(C)CNC(=O)c1cccc(/C=C/C(=O)O)c1C. The van der Waals surface area contributed by atoms with Crippen molar-refractivity contribution in [3.63, 3.8) is 0 Å². The summed E-state index contributed by atoms with van der Waals surface area (Å²) < 4.78 is -0.0234. The van der Waals surface area contributed by atoms with Crippen molar-refractivity contribution in [2.24, 2.45) is 0 Å². The van der Waals surface area contributed by atoms with Crippen molar-refractivity contribution in [2.75, 3.05) is 12.8 Å². The van der Waals surface area contributed by atoms with Gasteiger partial charge in [0.1, 0.15) is 0 Å². The van der Waals surface area contributed by atoms with E-state index in [1.165, 1.54) is 6.08 Å². The van der Waals surface area contributed by atoms with E-state index in [1.807, 2.05) is 13.2 Å². The van der Waals surface area contributed by atoms with Gasteiger partial charge in [-0.3, -0.25) is 4.79 Å². The van der Waals surface area contributed by atoms with Crippen molar-refractivity contribution < 1.29 is 14.7 Å². The highest BCUT2D eigenvalue weighted by Crippen LogP contribution is 2.20. The molecule has 0 aliphatic carbocycles. The number of hydrogen-bond acceptors (Lipinski definition) is 3. The van der Waals surface area contributed by atoms with E-state index < -0.39 is 5.97 Å². The fraction of sp³-hybridized carbons (Fsp3) is 0.375. The number of thioether (sulfide) groups is 1. The molecular formula is C16H21NO3S. The zero-order chi connectivity index (χ0) is 16.0. The van der Waals surface area contributed by atoms with Crippen LogP contribution in [0.15, 0.2) is 24.3 Å². The highest BCUT2D eigenvalue weighted by atomic mass is 32.2. The van der Waals surface area contributed by atoms with Gasteiger partial charge >= 0.3 is 5.97 Å². The number of benzene rings is 1. The molecule has 0 saturated heterocycles. The number of amides is 1. The van der Waals surface area contributed by atoms with Crippen LogP contribution >= 0.6 is 11.8 Å². The van der Waals surface area contributed by atoms with Crippen LogP contribution in [0.5, 0.6) is 0 Å². The van der Waals surface area contributed by atoms with Crippen LogP contribution in [0, 0.1) is 6.92 Å². The average Bonchev–Trinajstić information content (AvgIpc) is 2.43. The Kier molecular flexibility index (Phi) is 6.03. The molecule has 0 aliphatic heterocycles. The van der Waals surface area contributed by atoms with Crippen LogP contribution in [0.3, 0.4) is 0 Å². The minimum Gasteiger partial charge on any atom is -0.478 e. The molecular weight excluding hydrogens is 286 g/mol. The molecule has 0 unspecified atom stereocenters. The summed E-state index contributed by atoms with van der Waals surface area (Å²) in [6.45, 7) is 6.52. The molecule has 0 bridgehead atoms. The molecule has 5 heteroatoms. The standard InChI is InChI=1S/C16H21NO3S/c1-11-12(8-9-14(18)19)6-5-7-13(11)15(20)17-10-16(2,3)21-4/h5-9H,10H2,1-4H3,(H,17,20)(H,18,19)/b9-8+. The van der Waals surface area contributed by atoms with Crippen molar-refractivity contribution >= 4 is 29.7 Å². The zero-order valence-electron chi connectivity index (χ0n) is 12.8. The Morgan fingerprint density at radius 2 is 2.05 bits per heavy atom. The van der Waals surface area contributed by atoms with Crippen molar-refractivity contribution in [2.45, 2.75) is 25.5 Å². The first-order chi connectivity index (χ1) is 9.76. The molecule has 0 saturated carbocycles. The number of carboxylic acids is 1. The summed E-state index contributed by atoms with van der Waals surface area (Å²) in [6, 6.07) is 5.29. The van der Waals surface area contributed by atoms with E-state index in [9.17, 15) is 9.59 Å². The molecule has 0 fully saturated rings. The summed E-state index contributed by atoms with van der Waals surface area (Å²) in [4.78, 5) is 22.8. The predicted molar refractivity (Wildman–Crippen MR) is 87.8 cm³/mol. The second-order valence-electron chi connectivity index (χ2n) is 5.34. The van der Waals surface area contributed by atoms with Crippen LogP contribution in [0.2, 0.25) is 0 Å². The fourth-order valence-electron chi connectivity index (χ4n) is 1.70. The van der Waals surface area contributed by atoms with Gasteiger partial charge in [0.25, 0.3) is 5.91 Å². The highest BCUT2D eigenvalue weighted by Gasteiger charge is 2.18. The minimum atomic E-state index is -1.01. The molecule has 0 spiro atoms. The van der Waals surface area contributed by atoms with Crippen molar-refractivity contribution in [1.29, 1.82) is 0 Å². The Labute approximate surface area is 129 Å². The van der Waals surface area contributed by atoms with Crippen molar-refractivity contribution in [1.82, 2.24) is 5.32 Å². The Hall–Kier alpha value is -1.75. The van der Waals surface area contributed by atoms with E-state index in [2.05, 4.69) is 19.2 Å². The molecule has 2 N–H and O–H groups in total. The number of aliphatic carboxylic acids is 1. The molecule has 1 aromatic carbocycles. The van der Waals surface area contributed by atoms with Crippen molar-refractivity contribution in [3.8, 4) is 0 Å². The third-order valence-corrected chi connectivity index (χ3v) is 4.50. The van der Waals surface area contributed by atoms with Crippen LogP contribution < -0.4 is 5.32 Å². The van der Waals surface area contributed by atoms with E-state index in [0.29, 0.717) is 12.1 Å². The molecule has 1 aromatic rings. The van der Waals surface area contributed by atoms with Gasteiger partial charge in [-0.15, -0.1) is 0 Å². The zero-order valence-corrected chi connectivity index (χ0v) is 13.6. The first-order valence-corrected chi connectivity index (χ1v) is 7.83. The summed E-state index contributed by atoms with van der Waals surface area (Å²) in [5.74, 6) is -1.15. The maximum atomic E-state index is 12.3. The lowest BCUT2D eigenvalue weighted by Crippen LogP contribution is -2.36. The van der Waals surface area contributed by atoms with Gasteiger partial charge < -0.3 is 10.4 Å². The number of nitrogens with one attached hydrogen (secondary N) is 1. The van der Waals surface area contributed by atoms with Gasteiger partial charge in [-0.05, 0) is 50.3 Å². The van der Waals surface area contributed by atoms with E-state index >= 15 is 0 Å². The fourth-order valence-corrected chi connectivity index (χ4v) is 1.92. The average molecular weight is 307 g/mol. The van der Waals surface area contributed by atoms with Gasteiger partial charge in [0.15, 0.2) is 0 Å². The lowest BCUT2D eigenvalue weighted by Gasteiger charge is -2.22. The second kappa shape index (κ2) is 7.31. The Morgan fingerprint density at radius 1 is 1.38 bits per heavy atom. The summed E-state index contributed by atoms with van der Waals surface area (Å²) >= 11 is 1.69. The third kappa shape index (κ3) is 5.27. The maximum absolute atomic E-state index is 12.3. The number of carbonyl (C=O) groups excluding carboxylic acids is 1. The predicted octanol–water partition coefficient (Wildman–Crippen LogP) is 2.96. The molecule has 1 amide bonds. The lowest BCUT2D eigenvalue weighted by atomic mass is 10.0. The maximum Gasteiger partial charge on any atom is 0.328 e. The molecule has 114 valence electrons. The smallest absolute Gasteiger partial charge is 0.328 e. The summed E-state index contributed by atoms with van der Waals surface area (Å²) in [6.07, 6.45) is 4.58. The number of rotatable bonds is 6. The van der Waals surface area contributed by atoms with Crippen LogP contribution in [0.25, 0.3) is 6.08 Å².